The zero-order valence-corrected chi connectivity index (χ0v) is 11.2. The zero-order chi connectivity index (χ0) is 19.2. The summed E-state index contributed by atoms with van der Waals surface area (Å²) in [6.45, 7) is 0. The second kappa shape index (κ2) is 3.59. The first kappa shape index (κ1) is 18.2. The molecule has 0 heterocycles. The van der Waals surface area contributed by atoms with E-state index in [4.69, 9.17) is 0 Å². The van der Waals surface area contributed by atoms with E-state index in [9.17, 15) is 57.1 Å². The predicted molar refractivity (Wildman–Crippen MR) is 49.1 cm³/mol. The van der Waals surface area contributed by atoms with E-state index in [2.05, 4.69) is 11.6 Å². The Hall–Kier alpha value is -0.620. The maximum atomic E-state index is 14.2. The third kappa shape index (κ3) is 1.11. The molecule has 0 aromatic heterocycles. The Labute approximate surface area is 127 Å². The molecule has 4 saturated carbocycles. The molecule has 0 saturated heterocycles. The minimum Gasteiger partial charge on any atom is -0.223 e. The second-order valence-corrected chi connectivity index (χ2v) is 6.49. The van der Waals surface area contributed by atoms with Crippen LogP contribution in [0.5, 0.6) is 0 Å². The first-order valence-electron chi connectivity index (χ1n) is 5.88. The van der Waals surface area contributed by atoms with Crippen LogP contribution in [0.2, 0.25) is 0 Å². The number of hydrogen-bond donors (Lipinski definition) is 0. The molecule has 0 nitrogen and oxygen atoms in total. The summed E-state index contributed by atoms with van der Waals surface area (Å²) < 4.78 is 179. The van der Waals surface area contributed by atoms with Crippen LogP contribution in [0.25, 0.3) is 0 Å². The highest BCUT2D eigenvalue weighted by atomic mass is 35.5. The van der Waals surface area contributed by atoms with E-state index in [1.807, 2.05) is 0 Å². The van der Waals surface area contributed by atoms with Gasteiger partial charge in [0.05, 0.1) is 0 Å². The molecule has 0 aliphatic heterocycles. The summed E-state index contributed by atoms with van der Waals surface area (Å²) in [5.74, 6) is -50.2. The minimum absolute atomic E-state index is 4.39. The molecule has 4 rings (SSSR count). The first-order valence-corrected chi connectivity index (χ1v) is 6.26. The maximum Gasteiger partial charge on any atom is 0.324 e. The van der Waals surface area contributed by atoms with Crippen molar-refractivity contribution in [3.8, 4) is 0 Å². The number of halogens is 14. The Morgan fingerprint density at radius 2 is 0.792 bits per heavy atom. The van der Waals surface area contributed by atoms with Gasteiger partial charge in [-0.15, -0.1) is 0 Å². The van der Waals surface area contributed by atoms with E-state index in [1.165, 1.54) is 0 Å². The molecule has 14 heteroatoms. The maximum absolute atomic E-state index is 14.2. The highest BCUT2D eigenvalue weighted by Gasteiger charge is 3.13. The lowest BCUT2D eigenvalue weighted by molar-refractivity contribution is -0.537. The number of alkyl halides is 14. The van der Waals surface area contributed by atoms with E-state index in [1.54, 1.807) is 0 Å². The predicted octanol–water partition coefficient (Wildman–Crippen LogP) is 4.76. The average molecular weight is 405 g/mol. The summed E-state index contributed by atoms with van der Waals surface area (Å²) in [7, 11) is 0. The molecule has 24 heavy (non-hydrogen) atoms. The Kier molecular flexibility index (Phi) is 2.72. The van der Waals surface area contributed by atoms with Gasteiger partial charge in [-0.05, 0) is 0 Å². The van der Waals surface area contributed by atoms with Crippen LogP contribution >= 0.6 is 11.6 Å². The van der Waals surface area contributed by atoms with Gasteiger partial charge in [-0.1, -0.05) is 11.6 Å². The molecule has 4 bridgehead atoms. The van der Waals surface area contributed by atoms with Crippen molar-refractivity contribution >= 4 is 11.6 Å². The van der Waals surface area contributed by atoms with Gasteiger partial charge in [0.25, 0.3) is 17.8 Å². The molecule has 0 N–H and O–H groups in total. The van der Waals surface area contributed by atoms with Crippen LogP contribution in [0.15, 0.2) is 0 Å². The van der Waals surface area contributed by atoms with Crippen LogP contribution in [0, 0.1) is 11.8 Å². The van der Waals surface area contributed by atoms with Gasteiger partial charge in [0, 0.05) is 0 Å². The topological polar surface area (TPSA) is 0 Å². The van der Waals surface area contributed by atoms with Gasteiger partial charge in [-0.2, -0.15) is 0 Å². The monoisotopic (exact) mass is 404 g/mol. The third-order valence-electron chi connectivity index (χ3n) is 4.92. The Morgan fingerprint density at radius 1 is 0.500 bits per heavy atom. The van der Waals surface area contributed by atoms with Crippen LogP contribution < -0.4 is 0 Å². The van der Waals surface area contributed by atoms with Crippen LogP contribution in [-0.2, 0) is 0 Å². The molecule has 2 unspecified atom stereocenters. The van der Waals surface area contributed by atoms with Crippen LogP contribution in [0.1, 0.15) is 0 Å². The summed E-state index contributed by atoms with van der Waals surface area (Å²) in [6, 6.07) is 0. The van der Waals surface area contributed by atoms with Crippen molar-refractivity contribution in [1.29, 1.82) is 0 Å². The summed E-state index contributed by atoms with van der Waals surface area (Å²) in [5, 5.41) is 0. The molecular weight excluding hydrogens is 403 g/mol. The first-order chi connectivity index (χ1) is 10.2. The Morgan fingerprint density at radius 3 is 1.08 bits per heavy atom. The highest BCUT2D eigenvalue weighted by Crippen LogP contribution is 2.85. The summed E-state index contributed by atoms with van der Waals surface area (Å²) in [4.78, 5) is -6.03. The lowest BCUT2D eigenvalue weighted by Gasteiger charge is -2.71. The van der Waals surface area contributed by atoms with Crippen molar-refractivity contribution in [2.75, 3.05) is 0 Å². The van der Waals surface area contributed by atoms with Crippen molar-refractivity contribution in [2.45, 2.75) is 46.1 Å². The molecule has 4 aliphatic carbocycles. The average Bonchev–Trinajstić information content (AvgIpc) is 2.28. The van der Waals surface area contributed by atoms with Crippen LogP contribution in [-0.4, -0.2) is 46.1 Å². The molecule has 0 aromatic carbocycles. The SMILES string of the molecule is FC1(F)[C@@H]2C(F)(F)C3(F)C(F)(F)[C@H]1C(F)(F)C(Cl)(C2(F)F)C3(F)F. The van der Waals surface area contributed by atoms with Crippen LogP contribution in [0.3, 0.4) is 0 Å². The molecule has 140 valence electrons. The van der Waals surface area contributed by atoms with E-state index >= 15 is 0 Å². The number of rotatable bonds is 0. The van der Waals surface area contributed by atoms with Gasteiger partial charge < -0.3 is 0 Å². The lowest BCUT2D eigenvalue weighted by atomic mass is 9.44. The fourth-order valence-corrected chi connectivity index (χ4v) is 4.25. The van der Waals surface area contributed by atoms with Crippen molar-refractivity contribution in [2.24, 2.45) is 11.8 Å². The fraction of sp³-hybridized carbons (Fsp3) is 1.00. The molecule has 4 atom stereocenters. The quantitative estimate of drug-likeness (QED) is 0.403. The van der Waals surface area contributed by atoms with Crippen LogP contribution in [0.4, 0.5) is 57.1 Å². The normalized spacial score (nSPS) is 50.8. The zero-order valence-electron chi connectivity index (χ0n) is 10.4. The van der Waals surface area contributed by atoms with Crippen molar-refractivity contribution in [3.05, 3.63) is 0 Å². The third-order valence-corrected chi connectivity index (χ3v) is 5.66. The van der Waals surface area contributed by atoms with E-state index < -0.39 is 57.9 Å². The Balaban J connectivity index is 2.56. The molecule has 4 fully saturated rings. The molecule has 4 aliphatic rings. The van der Waals surface area contributed by atoms with Crippen molar-refractivity contribution < 1.29 is 57.1 Å². The van der Waals surface area contributed by atoms with Gasteiger partial charge in [-0.25, -0.2) is 57.1 Å². The smallest absolute Gasteiger partial charge is 0.223 e. The van der Waals surface area contributed by atoms with Gasteiger partial charge in [0.15, 0.2) is 11.8 Å². The van der Waals surface area contributed by atoms with Gasteiger partial charge in [0.1, 0.15) is 0 Å². The molecule has 0 amide bonds. The van der Waals surface area contributed by atoms with Gasteiger partial charge in [-0.3, -0.25) is 0 Å². The van der Waals surface area contributed by atoms with Crippen molar-refractivity contribution in [3.63, 3.8) is 0 Å². The fourth-order valence-electron chi connectivity index (χ4n) is 3.90. The lowest BCUT2D eigenvalue weighted by Crippen LogP contribution is -2.99. The molecule has 0 aromatic rings. The standard InChI is InChI=1S/C10H2ClF13/c11-8-4(14,15)1-3(12,13)2(5(8,16)17)7(20,21)9(22,6(1,18)19)10(8,23)24/h1-2H/t1-,2+,8?,9?. The second-order valence-electron chi connectivity index (χ2n) is 5.92. The summed E-state index contributed by atoms with van der Waals surface area (Å²) >= 11 is 4.39. The summed E-state index contributed by atoms with van der Waals surface area (Å²) in [5.41, 5.74) is -6.75. The van der Waals surface area contributed by atoms with E-state index in [-0.39, 0.29) is 0 Å². The molecule has 0 spiro atoms. The van der Waals surface area contributed by atoms with E-state index in [0.29, 0.717) is 0 Å². The summed E-state index contributed by atoms with van der Waals surface area (Å²) in [6.07, 6.45) is 0. The van der Waals surface area contributed by atoms with Gasteiger partial charge >= 0.3 is 23.4 Å². The van der Waals surface area contributed by atoms with Gasteiger partial charge in [0.2, 0.25) is 4.87 Å². The minimum atomic E-state index is -6.95. The molecular formula is C10H2ClF13. The molecule has 0 radical (unpaired) electrons. The largest absolute Gasteiger partial charge is 0.324 e. The highest BCUT2D eigenvalue weighted by molar-refractivity contribution is 6.27. The van der Waals surface area contributed by atoms with Crippen molar-refractivity contribution in [1.82, 2.24) is 0 Å². The number of hydrogen-bond acceptors (Lipinski definition) is 0. The Bertz CT molecular complexity index is 540. The van der Waals surface area contributed by atoms with E-state index in [0.717, 1.165) is 0 Å².